The van der Waals surface area contributed by atoms with Crippen LogP contribution in [0.25, 0.3) is 0 Å². The van der Waals surface area contributed by atoms with E-state index in [0.717, 1.165) is 18.6 Å². The van der Waals surface area contributed by atoms with Crippen LogP contribution in [0.15, 0.2) is 29.3 Å². The van der Waals surface area contributed by atoms with Gasteiger partial charge in [0.05, 0.1) is 6.54 Å². The molecule has 1 aromatic carbocycles. The molecule has 1 saturated carbocycles. The first-order valence-corrected chi connectivity index (χ1v) is 9.60. The van der Waals surface area contributed by atoms with Crippen molar-refractivity contribution in [3.8, 4) is 5.75 Å². The van der Waals surface area contributed by atoms with Crippen molar-refractivity contribution in [3.63, 3.8) is 0 Å². The maximum Gasteiger partial charge on any atom is 0.221 e. The molecule has 0 saturated heterocycles. The smallest absolute Gasteiger partial charge is 0.221 e. The summed E-state index contributed by atoms with van der Waals surface area (Å²) in [4.78, 5) is 16.2. The van der Waals surface area contributed by atoms with Gasteiger partial charge in [-0.25, -0.2) is 0 Å². The summed E-state index contributed by atoms with van der Waals surface area (Å²) in [6.07, 6.45) is 6.43. The largest absolute Gasteiger partial charge is 0.492 e. The monoisotopic (exact) mass is 488 g/mol. The Labute approximate surface area is 179 Å². The van der Waals surface area contributed by atoms with Crippen molar-refractivity contribution in [3.05, 3.63) is 29.8 Å². The van der Waals surface area contributed by atoms with Gasteiger partial charge in [0.2, 0.25) is 5.91 Å². The van der Waals surface area contributed by atoms with Crippen molar-refractivity contribution >= 4 is 35.8 Å². The first-order valence-electron chi connectivity index (χ1n) is 9.60. The Morgan fingerprint density at radius 1 is 1.11 bits per heavy atom. The Morgan fingerprint density at radius 3 is 2.44 bits per heavy atom. The van der Waals surface area contributed by atoms with Crippen LogP contribution >= 0.6 is 24.0 Å². The molecular formula is C20H33IN4O2. The predicted octanol–water partition coefficient (Wildman–Crippen LogP) is 3.00. The zero-order chi connectivity index (χ0) is 18.6. The highest BCUT2D eigenvalue weighted by Gasteiger charge is 2.15. The lowest BCUT2D eigenvalue weighted by molar-refractivity contribution is -0.121. The van der Waals surface area contributed by atoms with Crippen molar-refractivity contribution in [2.45, 2.75) is 51.5 Å². The molecule has 7 heteroatoms. The average molecular weight is 488 g/mol. The zero-order valence-electron chi connectivity index (χ0n) is 16.4. The third-order valence-corrected chi connectivity index (χ3v) is 4.52. The van der Waals surface area contributed by atoms with Crippen LogP contribution < -0.4 is 20.7 Å². The van der Waals surface area contributed by atoms with E-state index in [4.69, 9.17) is 4.74 Å². The minimum absolute atomic E-state index is 0. The number of carbonyl (C=O) groups excluding carboxylic acids is 1. The molecule has 0 heterocycles. The van der Waals surface area contributed by atoms with Gasteiger partial charge in [-0.1, -0.05) is 37.0 Å². The number of ether oxygens (including phenoxy) is 1. The second-order valence-corrected chi connectivity index (χ2v) is 6.74. The summed E-state index contributed by atoms with van der Waals surface area (Å²) in [5.41, 5.74) is 1.22. The van der Waals surface area contributed by atoms with Gasteiger partial charge in [-0.15, -0.1) is 24.0 Å². The van der Waals surface area contributed by atoms with E-state index in [0.29, 0.717) is 38.1 Å². The number of halogens is 1. The van der Waals surface area contributed by atoms with Gasteiger partial charge in [0.1, 0.15) is 12.4 Å². The Kier molecular flexibility index (Phi) is 11.9. The van der Waals surface area contributed by atoms with Crippen LogP contribution in [0.1, 0.15) is 44.1 Å². The molecule has 1 aliphatic rings. The molecule has 0 bridgehead atoms. The van der Waals surface area contributed by atoms with Gasteiger partial charge in [0.25, 0.3) is 0 Å². The number of nitrogens with zero attached hydrogens (tertiary/aromatic N) is 1. The molecule has 152 valence electrons. The van der Waals surface area contributed by atoms with E-state index in [9.17, 15) is 4.79 Å². The van der Waals surface area contributed by atoms with Gasteiger partial charge < -0.3 is 20.7 Å². The quantitative estimate of drug-likeness (QED) is 0.228. The molecule has 1 aromatic rings. The van der Waals surface area contributed by atoms with Crippen LogP contribution in [0.3, 0.4) is 0 Å². The van der Waals surface area contributed by atoms with Gasteiger partial charge in [0, 0.05) is 26.1 Å². The molecule has 6 nitrogen and oxygen atoms in total. The minimum atomic E-state index is 0. The van der Waals surface area contributed by atoms with Crippen molar-refractivity contribution in [2.24, 2.45) is 4.99 Å². The second kappa shape index (κ2) is 13.6. The summed E-state index contributed by atoms with van der Waals surface area (Å²) in [6, 6.07) is 8.36. The molecule has 0 aliphatic heterocycles. The van der Waals surface area contributed by atoms with E-state index in [-0.39, 0.29) is 29.9 Å². The summed E-state index contributed by atoms with van der Waals surface area (Å²) < 4.78 is 5.67. The zero-order valence-corrected chi connectivity index (χ0v) is 18.8. The van der Waals surface area contributed by atoms with E-state index >= 15 is 0 Å². The van der Waals surface area contributed by atoms with Crippen LogP contribution in [0, 0.1) is 6.92 Å². The number of hydrogen-bond donors (Lipinski definition) is 3. The van der Waals surface area contributed by atoms with E-state index < -0.39 is 0 Å². The Bertz CT molecular complexity index is 572. The molecule has 27 heavy (non-hydrogen) atoms. The molecule has 0 unspecified atom stereocenters. The number of benzene rings is 1. The Balaban J connectivity index is 0.00000364. The van der Waals surface area contributed by atoms with Crippen molar-refractivity contribution in [1.29, 1.82) is 0 Å². The molecule has 0 atom stereocenters. The summed E-state index contributed by atoms with van der Waals surface area (Å²) >= 11 is 0. The van der Waals surface area contributed by atoms with E-state index in [1.165, 1.54) is 24.8 Å². The van der Waals surface area contributed by atoms with E-state index in [1.54, 1.807) is 7.05 Å². The molecule has 1 fully saturated rings. The fraction of sp³-hybridized carbons (Fsp3) is 0.600. The molecule has 1 aliphatic carbocycles. The summed E-state index contributed by atoms with van der Waals surface area (Å²) in [5, 5.41) is 9.48. The molecule has 1 amide bonds. The van der Waals surface area contributed by atoms with E-state index in [1.807, 2.05) is 24.3 Å². The molecule has 2 rings (SSSR count). The maximum atomic E-state index is 12.0. The van der Waals surface area contributed by atoms with Gasteiger partial charge in [0.15, 0.2) is 5.96 Å². The first-order chi connectivity index (χ1) is 12.7. The highest BCUT2D eigenvalue weighted by atomic mass is 127. The number of nitrogens with one attached hydrogen (secondary N) is 3. The highest BCUT2D eigenvalue weighted by Crippen LogP contribution is 2.17. The molecule has 3 N–H and O–H groups in total. The SMILES string of the molecule is CN=C(NCCOc1ccc(C)cc1)NCCC(=O)NC1CCCCC1.I. The minimum Gasteiger partial charge on any atom is -0.492 e. The van der Waals surface area contributed by atoms with Crippen LogP contribution in [-0.2, 0) is 4.79 Å². The van der Waals surface area contributed by atoms with Gasteiger partial charge >= 0.3 is 0 Å². The summed E-state index contributed by atoms with van der Waals surface area (Å²) in [7, 11) is 1.72. The molecule has 0 spiro atoms. The highest BCUT2D eigenvalue weighted by molar-refractivity contribution is 14.0. The molecule has 0 aromatic heterocycles. The fourth-order valence-corrected chi connectivity index (χ4v) is 3.03. The molecule has 0 radical (unpaired) electrons. The number of hydrogen-bond acceptors (Lipinski definition) is 3. The average Bonchev–Trinajstić information content (AvgIpc) is 2.66. The normalized spacial score (nSPS) is 14.8. The maximum absolute atomic E-state index is 12.0. The van der Waals surface area contributed by atoms with Crippen LogP contribution in [0.4, 0.5) is 0 Å². The number of amides is 1. The third kappa shape index (κ3) is 9.83. The van der Waals surface area contributed by atoms with Crippen LogP contribution in [-0.4, -0.2) is 44.7 Å². The number of rotatable bonds is 8. The summed E-state index contributed by atoms with van der Waals surface area (Å²) in [6.45, 7) is 3.81. The second-order valence-electron chi connectivity index (χ2n) is 6.74. The Morgan fingerprint density at radius 2 is 1.78 bits per heavy atom. The van der Waals surface area contributed by atoms with Gasteiger partial charge in [-0.05, 0) is 31.9 Å². The Hall–Kier alpha value is -1.51. The number of carbonyl (C=O) groups is 1. The summed E-state index contributed by atoms with van der Waals surface area (Å²) in [5.74, 6) is 1.66. The van der Waals surface area contributed by atoms with Gasteiger partial charge in [-0.2, -0.15) is 0 Å². The lowest BCUT2D eigenvalue weighted by Gasteiger charge is -2.22. The standard InChI is InChI=1S/C20H32N4O2.HI/c1-16-8-10-18(11-9-16)26-15-14-23-20(21-2)22-13-12-19(25)24-17-6-4-3-5-7-17;/h8-11,17H,3-7,12-15H2,1-2H3,(H,24,25)(H2,21,22,23);1H. The van der Waals surface area contributed by atoms with Gasteiger partial charge in [-0.3, -0.25) is 9.79 Å². The molecular weight excluding hydrogens is 455 g/mol. The van der Waals surface area contributed by atoms with Crippen LogP contribution in [0.2, 0.25) is 0 Å². The predicted molar refractivity (Wildman–Crippen MR) is 121 cm³/mol. The van der Waals surface area contributed by atoms with Crippen molar-refractivity contribution in [1.82, 2.24) is 16.0 Å². The van der Waals surface area contributed by atoms with Crippen molar-refractivity contribution < 1.29 is 9.53 Å². The number of aliphatic imine (C=N–C) groups is 1. The topological polar surface area (TPSA) is 74.8 Å². The van der Waals surface area contributed by atoms with Crippen molar-refractivity contribution in [2.75, 3.05) is 26.7 Å². The van der Waals surface area contributed by atoms with E-state index in [2.05, 4.69) is 27.9 Å². The first kappa shape index (κ1) is 23.5. The lowest BCUT2D eigenvalue weighted by atomic mass is 9.95. The number of guanidine groups is 1. The van der Waals surface area contributed by atoms with Crippen LogP contribution in [0.5, 0.6) is 5.75 Å². The number of aryl methyl sites for hydroxylation is 1. The fourth-order valence-electron chi connectivity index (χ4n) is 3.03. The lowest BCUT2D eigenvalue weighted by Crippen LogP contribution is -2.42. The third-order valence-electron chi connectivity index (χ3n) is 4.52.